The van der Waals surface area contributed by atoms with E-state index in [-0.39, 0.29) is 50.9 Å². The molecule has 0 atom stereocenters. The molecule has 2 aliphatic rings. The largest absolute Gasteiger partial charge is 0.333 e. The zero-order valence-electron chi connectivity index (χ0n) is 19.9. The van der Waals surface area contributed by atoms with Gasteiger partial charge in [-0.2, -0.15) is 0 Å². The fourth-order valence-corrected chi connectivity index (χ4v) is 3.95. The molecule has 182 valence electrons. The van der Waals surface area contributed by atoms with Gasteiger partial charge in [0, 0.05) is 13.1 Å². The molecule has 34 heavy (non-hydrogen) atoms. The van der Waals surface area contributed by atoms with Gasteiger partial charge in [-0.15, -0.1) is 0 Å². The molecule has 0 saturated carbocycles. The Bertz CT molecular complexity index is 957. The Morgan fingerprint density at radius 2 is 0.971 bits per heavy atom. The molecular weight excluding hydrogens is 440 g/mol. The van der Waals surface area contributed by atoms with Crippen LogP contribution in [-0.2, 0) is 32.3 Å². The minimum absolute atomic E-state index is 0.0345. The van der Waals surface area contributed by atoms with Crippen LogP contribution in [0.25, 0.3) is 0 Å². The van der Waals surface area contributed by atoms with Gasteiger partial charge in [0.25, 0.3) is 0 Å². The third-order valence-corrected chi connectivity index (χ3v) is 5.50. The summed E-state index contributed by atoms with van der Waals surface area (Å²) in [6, 6.07) is 5.56. The molecule has 0 aromatic heterocycles. The summed E-state index contributed by atoms with van der Waals surface area (Å²) in [5, 5.41) is 0. The summed E-state index contributed by atoms with van der Waals surface area (Å²) in [6.45, 7) is 7.90. The van der Waals surface area contributed by atoms with Crippen molar-refractivity contribution in [2.75, 3.05) is 13.1 Å². The van der Waals surface area contributed by atoms with Crippen molar-refractivity contribution in [1.29, 1.82) is 0 Å². The number of amides is 8. The summed E-state index contributed by atoms with van der Waals surface area (Å²) in [4.78, 5) is 79.1. The lowest BCUT2D eigenvalue weighted by atomic mass is 10.1. The molecule has 0 aliphatic carbocycles. The van der Waals surface area contributed by atoms with Crippen molar-refractivity contribution in [3.63, 3.8) is 0 Å². The summed E-state index contributed by atoms with van der Waals surface area (Å²) < 4.78 is 0. The predicted molar refractivity (Wildman–Crippen MR) is 121 cm³/mol. The van der Waals surface area contributed by atoms with Crippen LogP contribution in [0.4, 0.5) is 9.59 Å². The van der Waals surface area contributed by atoms with Crippen molar-refractivity contribution in [3.05, 3.63) is 35.4 Å². The number of nitrogens with zero attached hydrogens (tertiary/aromatic N) is 4. The number of rotatable bonds is 8. The van der Waals surface area contributed by atoms with E-state index in [4.69, 9.17) is 0 Å². The van der Waals surface area contributed by atoms with Crippen molar-refractivity contribution < 1.29 is 28.8 Å². The Balaban J connectivity index is 1.76. The molecule has 1 aromatic rings. The molecular formula is C24H30N4O6. The van der Waals surface area contributed by atoms with E-state index in [2.05, 4.69) is 0 Å². The van der Waals surface area contributed by atoms with Crippen LogP contribution >= 0.6 is 0 Å². The van der Waals surface area contributed by atoms with E-state index >= 15 is 0 Å². The van der Waals surface area contributed by atoms with E-state index in [1.807, 2.05) is 27.7 Å². The lowest BCUT2D eigenvalue weighted by molar-refractivity contribution is -0.144. The van der Waals surface area contributed by atoms with Crippen molar-refractivity contribution in [2.24, 2.45) is 11.8 Å². The lowest BCUT2D eigenvalue weighted by Crippen LogP contribution is -2.55. The van der Waals surface area contributed by atoms with Gasteiger partial charge in [-0.1, -0.05) is 52.0 Å². The summed E-state index contributed by atoms with van der Waals surface area (Å²) >= 11 is 0. The highest BCUT2D eigenvalue weighted by Gasteiger charge is 2.39. The molecule has 2 saturated heterocycles. The molecule has 0 N–H and O–H groups in total. The molecule has 10 heteroatoms. The van der Waals surface area contributed by atoms with Crippen LogP contribution in [0.5, 0.6) is 0 Å². The zero-order chi connectivity index (χ0) is 25.2. The second kappa shape index (κ2) is 10.1. The van der Waals surface area contributed by atoms with E-state index in [1.165, 1.54) is 0 Å². The van der Waals surface area contributed by atoms with Crippen LogP contribution in [0.1, 0.15) is 51.7 Å². The number of carbonyl (C=O) groups is 6. The van der Waals surface area contributed by atoms with Gasteiger partial charge < -0.3 is 0 Å². The van der Waals surface area contributed by atoms with E-state index in [0.29, 0.717) is 11.1 Å². The van der Waals surface area contributed by atoms with E-state index in [9.17, 15) is 28.8 Å². The van der Waals surface area contributed by atoms with Gasteiger partial charge in [-0.25, -0.2) is 9.59 Å². The highest BCUT2D eigenvalue weighted by atomic mass is 16.2. The van der Waals surface area contributed by atoms with Gasteiger partial charge in [0.05, 0.1) is 13.1 Å². The number of imide groups is 4. The highest BCUT2D eigenvalue weighted by Crippen LogP contribution is 2.21. The van der Waals surface area contributed by atoms with Gasteiger partial charge in [0.15, 0.2) is 0 Å². The molecule has 8 amide bonds. The van der Waals surface area contributed by atoms with Crippen molar-refractivity contribution in [3.8, 4) is 0 Å². The molecule has 1 aromatic carbocycles. The minimum atomic E-state index is -0.649. The summed E-state index contributed by atoms with van der Waals surface area (Å²) in [6.07, 6.45) is -0.733. The zero-order valence-corrected chi connectivity index (χ0v) is 19.9. The third-order valence-electron chi connectivity index (χ3n) is 5.50. The van der Waals surface area contributed by atoms with Gasteiger partial charge in [0.2, 0.25) is 23.6 Å². The van der Waals surface area contributed by atoms with E-state index in [1.54, 1.807) is 24.3 Å². The fraction of sp³-hybridized carbons (Fsp3) is 0.500. The highest BCUT2D eigenvalue weighted by molar-refractivity contribution is 6.14. The molecule has 2 fully saturated rings. The average Bonchev–Trinajstić information content (AvgIpc) is 2.74. The van der Waals surface area contributed by atoms with Crippen molar-refractivity contribution in [1.82, 2.24) is 19.6 Å². The number of carbonyl (C=O) groups excluding carboxylic acids is 6. The monoisotopic (exact) mass is 470 g/mol. The van der Waals surface area contributed by atoms with E-state index < -0.39 is 35.7 Å². The van der Waals surface area contributed by atoms with Crippen LogP contribution in [0.15, 0.2) is 24.3 Å². The Morgan fingerprint density at radius 3 is 1.32 bits per heavy atom. The number of benzene rings is 1. The predicted octanol–water partition coefficient (Wildman–Crippen LogP) is 2.36. The number of urea groups is 2. The normalized spacial score (nSPS) is 17.7. The number of barbiturate groups is 2. The first-order valence-electron chi connectivity index (χ1n) is 11.3. The smallest absolute Gasteiger partial charge is 0.274 e. The van der Waals surface area contributed by atoms with Crippen molar-refractivity contribution >= 4 is 35.7 Å². The van der Waals surface area contributed by atoms with E-state index in [0.717, 1.165) is 19.6 Å². The summed E-state index contributed by atoms with van der Waals surface area (Å²) in [5.74, 6) is -2.01. The molecule has 2 aliphatic heterocycles. The summed E-state index contributed by atoms with van der Waals surface area (Å²) in [7, 11) is 0. The van der Waals surface area contributed by atoms with Gasteiger partial charge >= 0.3 is 12.1 Å². The molecule has 0 radical (unpaired) electrons. The quantitative estimate of drug-likeness (QED) is 0.539. The first-order valence-corrected chi connectivity index (χ1v) is 11.3. The number of hydrogen-bond acceptors (Lipinski definition) is 6. The van der Waals surface area contributed by atoms with Crippen molar-refractivity contribution in [2.45, 2.75) is 53.6 Å². The molecule has 2 heterocycles. The molecule has 10 nitrogen and oxygen atoms in total. The maximum Gasteiger partial charge on any atom is 0.333 e. The molecule has 0 bridgehead atoms. The Hall–Kier alpha value is -3.56. The maximum absolute atomic E-state index is 12.8. The van der Waals surface area contributed by atoms with Crippen LogP contribution in [0.3, 0.4) is 0 Å². The minimum Gasteiger partial charge on any atom is -0.274 e. The van der Waals surface area contributed by atoms with Gasteiger partial charge in [-0.05, 0) is 23.0 Å². The SMILES string of the molecule is CC(C)CN1C(=O)CC(=O)N(Cc2cccc(CN3C(=O)CC(=O)N(CC(C)C)C3=O)c2)C1=O. The third kappa shape index (κ3) is 5.49. The number of hydrogen-bond donors (Lipinski definition) is 0. The second-order valence-electron chi connectivity index (χ2n) is 9.49. The Labute approximate surface area is 198 Å². The first-order chi connectivity index (χ1) is 16.0. The lowest BCUT2D eigenvalue weighted by Gasteiger charge is -2.34. The van der Waals surface area contributed by atoms with Crippen LogP contribution in [-0.4, -0.2) is 68.4 Å². The second-order valence-corrected chi connectivity index (χ2v) is 9.49. The standard InChI is InChI=1S/C24H30N4O6/c1-15(2)11-25-19(29)9-21(31)27(23(25)33)13-17-6-5-7-18(8-17)14-28-22(32)10-20(30)26(24(28)34)12-16(3)4/h5-8,15-16H,9-14H2,1-4H3. The molecule has 3 rings (SSSR count). The van der Waals surface area contributed by atoms with Gasteiger partial charge in [0.1, 0.15) is 12.8 Å². The molecule has 0 unspecified atom stereocenters. The van der Waals surface area contributed by atoms with Crippen LogP contribution < -0.4 is 0 Å². The Morgan fingerprint density at radius 1 is 0.618 bits per heavy atom. The molecule has 0 spiro atoms. The fourth-order valence-electron chi connectivity index (χ4n) is 3.95. The van der Waals surface area contributed by atoms with Gasteiger partial charge in [-0.3, -0.25) is 38.8 Å². The van der Waals surface area contributed by atoms with Crippen LogP contribution in [0, 0.1) is 11.8 Å². The summed E-state index contributed by atoms with van der Waals surface area (Å²) in [5.41, 5.74) is 1.23. The average molecular weight is 471 g/mol. The topological polar surface area (TPSA) is 115 Å². The van der Waals surface area contributed by atoms with Crippen LogP contribution in [0.2, 0.25) is 0 Å². The maximum atomic E-state index is 12.8. The Kier molecular flexibility index (Phi) is 7.48. The first kappa shape index (κ1) is 25.1.